The molecular weight excluding hydrogens is 258 g/mol. The van der Waals surface area contributed by atoms with Gasteiger partial charge in [0, 0.05) is 12.1 Å². The molecule has 2 aliphatic rings. The molecule has 3 rings (SSSR count). The van der Waals surface area contributed by atoms with Crippen molar-refractivity contribution >= 4 is 5.97 Å². The topological polar surface area (TPSA) is 96.7 Å². The zero-order valence-electron chi connectivity index (χ0n) is 11.1. The Morgan fingerprint density at radius 2 is 2.05 bits per heavy atom. The van der Waals surface area contributed by atoms with Crippen molar-refractivity contribution in [3.8, 4) is 0 Å². The summed E-state index contributed by atoms with van der Waals surface area (Å²) in [5.74, 6) is -1.15. The first-order valence-electron chi connectivity index (χ1n) is 6.75. The average molecular weight is 275 g/mol. The highest BCUT2D eigenvalue weighted by Gasteiger charge is 2.40. The van der Waals surface area contributed by atoms with Gasteiger partial charge in [0.15, 0.2) is 5.60 Å². The molecule has 0 spiro atoms. The number of carboxylic acids is 1. The van der Waals surface area contributed by atoms with E-state index in [2.05, 4.69) is 0 Å². The summed E-state index contributed by atoms with van der Waals surface area (Å²) in [6.45, 7) is 0. The number of carboxylic acid groups (broad SMARTS) is 1. The van der Waals surface area contributed by atoms with Crippen LogP contribution in [-0.2, 0) is 5.60 Å². The van der Waals surface area contributed by atoms with Gasteiger partial charge in [0.1, 0.15) is 5.76 Å². The van der Waals surface area contributed by atoms with Crippen LogP contribution in [0.3, 0.4) is 0 Å². The standard InChI is InChI=1S/C15H17NO4/c16-12-7-9-3-1-2-4-10(9)8-15(12,19)13-6-5-11(20-13)14(17)18/h5-7,19H,1-4,8,16H2,(H,17,18). The van der Waals surface area contributed by atoms with Gasteiger partial charge in [-0.1, -0.05) is 5.57 Å². The lowest BCUT2D eigenvalue weighted by Crippen LogP contribution is -2.35. The Hall–Kier alpha value is -2.01. The lowest BCUT2D eigenvalue weighted by atomic mass is 9.77. The molecule has 1 unspecified atom stereocenters. The minimum absolute atomic E-state index is 0.190. The minimum atomic E-state index is -1.43. The predicted octanol–water partition coefficient (Wildman–Crippen LogP) is 2.28. The number of hydrogen-bond acceptors (Lipinski definition) is 4. The third-order valence-corrected chi connectivity index (χ3v) is 4.13. The molecule has 106 valence electrons. The number of hydrogen-bond donors (Lipinski definition) is 3. The van der Waals surface area contributed by atoms with Gasteiger partial charge in [-0.15, -0.1) is 0 Å². The molecule has 1 heterocycles. The molecule has 1 atom stereocenters. The number of furan rings is 1. The van der Waals surface area contributed by atoms with Gasteiger partial charge in [0.05, 0.1) is 0 Å². The SMILES string of the molecule is NC1=CC2=C(CCCC2)CC1(O)c1ccc(C(=O)O)o1. The Labute approximate surface area is 116 Å². The summed E-state index contributed by atoms with van der Waals surface area (Å²) in [5, 5.41) is 19.7. The number of carbonyl (C=O) groups is 1. The van der Waals surface area contributed by atoms with E-state index in [0.717, 1.165) is 25.7 Å². The molecule has 0 saturated carbocycles. The Bertz CT molecular complexity index is 626. The van der Waals surface area contributed by atoms with E-state index in [0.29, 0.717) is 12.1 Å². The van der Waals surface area contributed by atoms with Gasteiger partial charge in [-0.25, -0.2) is 4.79 Å². The van der Waals surface area contributed by atoms with Crippen LogP contribution in [0.15, 0.2) is 39.5 Å². The van der Waals surface area contributed by atoms with Crippen LogP contribution in [0.5, 0.6) is 0 Å². The zero-order valence-corrected chi connectivity index (χ0v) is 11.1. The molecule has 0 radical (unpaired) electrons. The summed E-state index contributed by atoms with van der Waals surface area (Å²) >= 11 is 0. The first-order valence-corrected chi connectivity index (χ1v) is 6.75. The van der Waals surface area contributed by atoms with Gasteiger partial charge < -0.3 is 20.4 Å². The zero-order chi connectivity index (χ0) is 14.3. The maximum atomic E-state index is 10.9. The quantitative estimate of drug-likeness (QED) is 0.769. The number of aliphatic hydroxyl groups is 1. The van der Waals surface area contributed by atoms with Crippen LogP contribution in [0.2, 0.25) is 0 Å². The van der Waals surface area contributed by atoms with Gasteiger partial charge in [-0.3, -0.25) is 0 Å². The molecule has 1 aromatic rings. The smallest absolute Gasteiger partial charge is 0.371 e. The first-order chi connectivity index (χ1) is 9.50. The number of nitrogens with two attached hydrogens (primary N) is 1. The second kappa shape index (κ2) is 4.52. The molecule has 4 N–H and O–H groups in total. The van der Waals surface area contributed by atoms with Crippen molar-refractivity contribution in [3.05, 3.63) is 46.6 Å². The van der Waals surface area contributed by atoms with Crippen molar-refractivity contribution in [1.29, 1.82) is 0 Å². The van der Waals surface area contributed by atoms with Crippen molar-refractivity contribution in [2.75, 3.05) is 0 Å². The second-order valence-corrected chi connectivity index (χ2v) is 5.44. The van der Waals surface area contributed by atoms with E-state index in [9.17, 15) is 9.90 Å². The summed E-state index contributed by atoms with van der Waals surface area (Å²) in [6, 6.07) is 2.83. The minimum Gasteiger partial charge on any atom is -0.475 e. The van der Waals surface area contributed by atoms with Crippen LogP contribution in [0.25, 0.3) is 0 Å². The van der Waals surface area contributed by atoms with Crippen LogP contribution >= 0.6 is 0 Å². The maximum Gasteiger partial charge on any atom is 0.371 e. The molecule has 0 fully saturated rings. The highest BCUT2D eigenvalue weighted by atomic mass is 16.4. The van der Waals surface area contributed by atoms with Crippen LogP contribution in [0, 0.1) is 0 Å². The monoisotopic (exact) mass is 275 g/mol. The Balaban J connectivity index is 1.98. The second-order valence-electron chi connectivity index (χ2n) is 5.44. The summed E-state index contributed by atoms with van der Waals surface area (Å²) in [7, 11) is 0. The van der Waals surface area contributed by atoms with Crippen molar-refractivity contribution in [3.63, 3.8) is 0 Å². The van der Waals surface area contributed by atoms with E-state index in [4.69, 9.17) is 15.3 Å². The molecule has 5 nitrogen and oxygen atoms in total. The first kappa shape index (κ1) is 13.0. The fourth-order valence-corrected chi connectivity index (χ4v) is 2.99. The summed E-state index contributed by atoms with van der Waals surface area (Å²) in [5.41, 5.74) is 7.31. The van der Waals surface area contributed by atoms with E-state index in [1.54, 1.807) is 0 Å². The van der Waals surface area contributed by atoms with Crippen molar-refractivity contribution in [2.45, 2.75) is 37.7 Å². The number of aromatic carboxylic acids is 1. The lowest BCUT2D eigenvalue weighted by Gasteiger charge is -2.34. The van der Waals surface area contributed by atoms with Crippen molar-refractivity contribution in [1.82, 2.24) is 0 Å². The fraction of sp³-hybridized carbons (Fsp3) is 0.400. The summed E-state index contributed by atoms with van der Waals surface area (Å²) in [6.07, 6.45) is 6.41. The van der Waals surface area contributed by atoms with Crippen molar-refractivity contribution in [2.24, 2.45) is 5.73 Å². The van der Waals surface area contributed by atoms with Gasteiger partial charge in [0.2, 0.25) is 5.76 Å². The molecule has 0 saturated heterocycles. The lowest BCUT2D eigenvalue weighted by molar-refractivity contribution is 0.0434. The number of rotatable bonds is 2. The molecule has 0 bridgehead atoms. The van der Waals surface area contributed by atoms with Crippen LogP contribution < -0.4 is 5.73 Å². The summed E-state index contributed by atoms with van der Waals surface area (Å²) in [4.78, 5) is 10.9. The fourth-order valence-electron chi connectivity index (χ4n) is 2.99. The Morgan fingerprint density at radius 1 is 1.30 bits per heavy atom. The largest absolute Gasteiger partial charge is 0.475 e. The Kier molecular flexibility index (Phi) is 2.94. The molecule has 0 amide bonds. The van der Waals surface area contributed by atoms with Gasteiger partial charge in [-0.2, -0.15) is 0 Å². The van der Waals surface area contributed by atoms with Gasteiger partial charge in [0.25, 0.3) is 0 Å². The Morgan fingerprint density at radius 3 is 2.75 bits per heavy atom. The highest BCUT2D eigenvalue weighted by Crippen LogP contribution is 2.43. The molecule has 20 heavy (non-hydrogen) atoms. The van der Waals surface area contributed by atoms with E-state index in [-0.39, 0.29) is 11.5 Å². The molecule has 0 aliphatic heterocycles. The third kappa shape index (κ3) is 1.94. The van der Waals surface area contributed by atoms with E-state index in [1.165, 1.54) is 23.3 Å². The van der Waals surface area contributed by atoms with E-state index < -0.39 is 11.6 Å². The molecule has 2 aliphatic carbocycles. The predicted molar refractivity (Wildman–Crippen MR) is 71.9 cm³/mol. The van der Waals surface area contributed by atoms with Crippen molar-refractivity contribution < 1.29 is 19.4 Å². The van der Waals surface area contributed by atoms with E-state index in [1.807, 2.05) is 6.08 Å². The van der Waals surface area contributed by atoms with Crippen LogP contribution in [0.1, 0.15) is 48.4 Å². The molecule has 1 aromatic heterocycles. The van der Waals surface area contributed by atoms with Gasteiger partial charge >= 0.3 is 5.97 Å². The normalized spacial score (nSPS) is 26.1. The highest BCUT2D eigenvalue weighted by molar-refractivity contribution is 5.84. The van der Waals surface area contributed by atoms with Gasteiger partial charge in [-0.05, 0) is 49.5 Å². The van der Waals surface area contributed by atoms with Crippen LogP contribution in [-0.4, -0.2) is 16.2 Å². The molecule has 5 heteroatoms. The van der Waals surface area contributed by atoms with E-state index >= 15 is 0 Å². The number of allylic oxidation sites excluding steroid dienone is 2. The summed E-state index contributed by atoms with van der Waals surface area (Å²) < 4.78 is 5.24. The maximum absolute atomic E-state index is 10.9. The third-order valence-electron chi connectivity index (χ3n) is 4.13. The molecular formula is C15H17NO4. The average Bonchev–Trinajstić information content (AvgIpc) is 2.90. The van der Waals surface area contributed by atoms with Crippen LogP contribution in [0.4, 0.5) is 0 Å². The molecule has 0 aromatic carbocycles.